The SMILES string of the molecule is CSCCCC1(N)CCC(C)CC1. The molecule has 13 heavy (non-hydrogen) atoms. The molecule has 0 aliphatic heterocycles. The molecule has 2 heteroatoms. The molecule has 0 saturated heterocycles. The summed E-state index contributed by atoms with van der Waals surface area (Å²) < 4.78 is 0. The zero-order valence-corrected chi connectivity index (χ0v) is 9.83. The van der Waals surface area contributed by atoms with Crippen LogP contribution in [0, 0.1) is 5.92 Å². The summed E-state index contributed by atoms with van der Waals surface area (Å²) >= 11 is 1.93. The van der Waals surface area contributed by atoms with Gasteiger partial charge in [-0.15, -0.1) is 0 Å². The van der Waals surface area contributed by atoms with E-state index in [0.29, 0.717) is 0 Å². The zero-order valence-electron chi connectivity index (χ0n) is 9.01. The van der Waals surface area contributed by atoms with Gasteiger partial charge in [0.2, 0.25) is 0 Å². The van der Waals surface area contributed by atoms with Crippen molar-refractivity contribution in [2.75, 3.05) is 12.0 Å². The Morgan fingerprint density at radius 3 is 2.54 bits per heavy atom. The molecule has 1 rings (SSSR count). The largest absolute Gasteiger partial charge is 0.325 e. The summed E-state index contributed by atoms with van der Waals surface area (Å²) in [5, 5.41) is 0. The summed E-state index contributed by atoms with van der Waals surface area (Å²) in [5.74, 6) is 2.19. The predicted octanol–water partition coefficient (Wildman–Crippen LogP) is 3.04. The van der Waals surface area contributed by atoms with Crippen LogP contribution in [0.1, 0.15) is 45.4 Å². The molecule has 78 valence electrons. The molecule has 0 radical (unpaired) electrons. The smallest absolute Gasteiger partial charge is 0.0154 e. The van der Waals surface area contributed by atoms with E-state index in [1.807, 2.05) is 11.8 Å². The van der Waals surface area contributed by atoms with Gasteiger partial charge in [0.1, 0.15) is 0 Å². The molecule has 0 aromatic rings. The zero-order chi connectivity index (χ0) is 9.73. The topological polar surface area (TPSA) is 26.0 Å². The lowest BCUT2D eigenvalue weighted by Crippen LogP contribution is -2.43. The fourth-order valence-electron chi connectivity index (χ4n) is 2.16. The normalized spacial score (nSPS) is 34.8. The molecule has 0 amide bonds. The Balaban J connectivity index is 2.22. The third kappa shape index (κ3) is 3.90. The van der Waals surface area contributed by atoms with E-state index >= 15 is 0 Å². The Morgan fingerprint density at radius 1 is 1.38 bits per heavy atom. The van der Waals surface area contributed by atoms with Crippen molar-refractivity contribution in [3.05, 3.63) is 0 Å². The van der Waals surface area contributed by atoms with E-state index in [-0.39, 0.29) is 5.54 Å². The molecule has 1 aliphatic rings. The summed E-state index contributed by atoms with van der Waals surface area (Å²) in [6.07, 6.45) is 9.90. The maximum atomic E-state index is 6.35. The van der Waals surface area contributed by atoms with Gasteiger partial charge in [0.25, 0.3) is 0 Å². The van der Waals surface area contributed by atoms with E-state index in [0.717, 1.165) is 5.92 Å². The second-order valence-corrected chi connectivity index (χ2v) is 5.63. The van der Waals surface area contributed by atoms with Gasteiger partial charge in [-0.2, -0.15) is 11.8 Å². The average Bonchev–Trinajstić information content (AvgIpc) is 2.12. The molecule has 1 saturated carbocycles. The van der Waals surface area contributed by atoms with Gasteiger partial charge in [-0.1, -0.05) is 6.92 Å². The summed E-state index contributed by atoms with van der Waals surface area (Å²) in [7, 11) is 0. The van der Waals surface area contributed by atoms with Gasteiger partial charge < -0.3 is 5.73 Å². The maximum Gasteiger partial charge on any atom is 0.0154 e. The van der Waals surface area contributed by atoms with Crippen LogP contribution in [0.2, 0.25) is 0 Å². The highest BCUT2D eigenvalue weighted by atomic mass is 32.2. The molecule has 1 nitrogen and oxygen atoms in total. The van der Waals surface area contributed by atoms with Crippen molar-refractivity contribution in [2.45, 2.75) is 51.0 Å². The first-order chi connectivity index (χ1) is 6.16. The van der Waals surface area contributed by atoms with Crippen molar-refractivity contribution < 1.29 is 0 Å². The predicted molar refractivity (Wildman–Crippen MR) is 62.2 cm³/mol. The van der Waals surface area contributed by atoms with E-state index in [2.05, 4.69) is 13.2 Å². The molecule has 0 heterocycles. The second-order valence-electron chi connectivity index (χ2n) is 4.64. The van der Waals surface area contributed by atoms with Crippen LogP contribution in [0.5, 0.6) is 0 Å². The quantitative estimate of drug-likeness (QED) is 0.708. The number of rotatable bonds is 4. The van der Waals surface area contributed by atoms with Crippen LogP contribution in [-0.4, -0.2) is 17.5 Å². The van der Waals surface area contributed by atoms with Gasteiger partial charge >= 0.3 is 0 Å². The third-order valence-electron chi connectivity index (χ3n) is 3.29. The Bertz CT molecular complexity index is 139. The molecular formula is C11H23NS. The van der Waals surface area contributed by atoms with E-state index in [1.165, 1.54) is 44.3 Å². The lowest BCUT2D eigenvalue weighted by molar-refractivity contribution is 0.231. The Morgan fingerprint density at radius 2 is 2.00 bits per heavy atom. The van der Waals surface area contributed by atoms with Gasteiger partial charge in [-0.3, -0.25) is 0 Å². The molecule has 1 aliphatic carbocycles. The van der Waals surface area contributed by atoms with Crippen LogP contribution in [0.15, 0.2) is 0 Å². The lowest BCUT2D eigenvalue weighted by atomic mass is 9.75. The van der Waals surface area contributed by atoms with Crippen LogP contribution in [0.3, 0.4) is 0 Å². The molecule has 0 aromatic heterocycles. The van der Waals surface area contributed by atoms with Gasteiger partial charge in [0, 0.05) is 5.54 Å². The van der Waals surface area contributed by atoms with Crippen LogP contribution in [0.25, 0.3) is 0 Å². The number of hydrogen-bond donors (Lipinski definition) is 1. The van der Waals surface area contributed by atoms with Crippen molar-refractivity contribution in [3.8, 4) is 0 Å². The van der Waals surface area contributed by atoms with Crippen molar-refractivity contribution >= 4 is 11.8 Å². The van der Waals surface area contributed by atoms with Crippen molar-refractivity contribution in [1.29, 1.82) is 0 Å². The van der Waals surface area contributed by atoms with Crippen LogP contribution in [-0.2, 0) is 0 Å². The van der Waals surface area contributed by atoms with Crippen LogP contribution >= 0.6 is 11.8 Å². The van der Waals surface area contributed by atoms with Gasteiger partial charge in [-0.05, 0) is 56.5 Å². The van der Waals surface area contributed by atoms with Gasteiger partial charge in [0.15, 0.2) is 0 Å². The van der Waals surface area contributed by atoms with E-state index in [4.69, 9.17) is 5.73 Å². The summed E-state index contributed by atoms with van der Waals surface area (Å²) in [4.78, 5) is 0. The molecule has 1 fully saturated rings. The molecule has 0 spiro atoms. The molecule has 0 bridgehead atoms. The minimum Gasteiger partial charge on any atom is -0.325 e. The minimum absolute atomic E-state index is 0.197. The van der Waals surface area contributed by atoms with Gasteiger partial charge in [0.05, 0.1) is 0 Å². The van der Waals surface area contributed by atoms with Crippen LogP contribution < -0.4 is 5.73 Å². The third-order valence-corrected chi connectivity index (χ3v) is 3.99. The first-order valence-corrected chi connectivity index (χ1v) is 6.83. The fourth-order valence-corrected chi connectivity index (χ4v) is 2.59. The van der Waals surface area contributed by atoms with Crippen molar-refractivity contribution in [2.24, 2.45) is 11.7 Å². The number of nitrogens with two attached hydrogens (primary N) is 1. The highest BCUT2D eigenvalue weighted by molar-refractivity contribution is 7.98. The Labute approximate surface area is 86.8 Å². The molecule has 0 unspecified atom stereocenters. The van der Waals surface area contributed by atoms with Gasteiger partial charge in [-0.25, -0.2) is 0 Å². The summed E-state index contributed by atoms with van der Waals surface area (Å²) in [6, 6.07) is 0. The first kappa shape index (κ1) is 11.4. The molecular weight excluding hydrogens is 178 g/mol. The first-order valence-electron chi connectivity index (χ1n) is 5.44. The monoisotopic (exact) mass is 201 g/mol. The summed E-state index contributed by atoms with van der Waals surface area (Å²) in [5.41, 5.74) is 6.55. The fraction of sp³-hybridized carbons (Fsp3) is 1.00. The Hall–Kier alpha value is 0.310. The van der Waals surface area contributed by atoms with E-state index < -0.39 is 0 Å². The van der Waals surface area contributed by atoms with E-state index in [1.54, 1.807) is 0 Å². The van der Waals surface area contributed by atoms with E-state index in [9.17, 15) is 0 Å². The lowest BCUT2D eigenvalue weighted by Gasteiger charge is -2.36. The molecule has 0 aromatic carbocycles. The summed E-state index contributed by atoms with van der Waals surface area (Å²) in [6.45, 7) is 2.35. The van der Waals surface area contributed by atoms with Crippen molar-refractivity contribution in [3.63, 3.8) is 0 Å². The number of thioether (sulfide) groups is 1. The molecule has 0 atom stereocenters. The van der Waals surface area contributed by atoms with Crippen molar-refractivity contribution in [1.82, 2.24) is 0 Å². The molecule has 2 N–H and O–H groups in total. The minimum atomic E-state index is 0.197. The average molecular weight is 201 g/mol. The highest BCUT2D eigenvalue weighted by Gasteiger charge is 2.29. The second kappa shape index (κ2) is 5.26. The number of hydrogen-bond acceptors (Lipinski definition) is 2. The van der Waals surface area contributed by atoms with Crippen LogP contribution in [0.4, 0.5) is 0 Å². The standard InChI is InChI=1S/C11H23NS/c1-10-4-7-11(12,8-5-10)6-3-9-13-2/h10H,3-9,12H2,1-2H3. The Kier molecular flexibility index (Phi) is 4.60. The highest BCUT2D eigenvalue weighted by Crippen LogP contribution is 2.33. The maximum absolute atomic E-state index is 6.35.